The van der Waals surface area contributed by atoms with Crippen LogP contribution >= 0.6 is 15.9 Å². The molecular weight excluding hydrogens is 368 g/mol. The summed E-state index contributed by atoms with van der Waals surface area (Å²) < 4.78 is 7.30. The van der Waals surface area contributed by atoms with E-state index in [0.29, 0.717) is 6.42 Å². The maximum atomic E-state index is 12.9. The fourth-order valence-corrected chi connectivity index (χ4v) is 4.15. The molecule has 4 rings (SSSR count). The molecule has 1 fully saturated rings. The normalized spacial score (nSPS) is 24.9. The second-order valence-corrected chi connectivity index (χ2v) is 7.71. The lowest BCUT2D eigenvalue weighted by atomic mass is 9.90. The molecule has 0 saturated carbocycles. The van der Waals surface area contributed by atoms with Gasteiger partial charge in [-0.1, -0.05) is 33.6 Å². The molecule has 2 aromatic rings. The van der Waals surface area contributed by atoms with E-state index in [1.54, 1.807) is 4.90 Å². The third-order valence-corrected chi connectivity index (χ3v) is 5.32. The van der Waals surface area contributed by atoms with E-state index in [9.17, 15) is 4.79 Å². The zero-order valence-corrected chi connectivity index (χ0v) is 15.5. The first-order chi connectivity index (χ1) is 11.4. The summed E-state index contributed by atoms with van der Waals surface area (Å²) in [6, 6.07) is 11.9. The number of halogens is 1. The lowest BCUT2D eigenvalue weighted by molar-refractivity contribution is 0.0377. The van der Waals surface area contributed by atoms with E-state index in [0.717, 1.165) is 27.0 Å². The molecule has 4 nitrogen and oxygen atoms in total. The van der Waals surface area contributed by atoms with E-state index in [1.807, 2.05) is 44.2 Å². The highest BCUT2D eigenvalue weighted by Crippen LogP contribution is 2.46. The Bertz CT molecular complexity index is 851. The quantitative estimate of drug-likeness (QED) is 0.761. The van der Waals surface area contributed by atoms with Crippen molar-refractivity contribution in [3.05, 3.63) is 57.6 Å². The number of rotatable bonds is 1. The van der Waals surface area contributed by atoms with Gasteiger partial charge in [0, 0.05) is 16.5 Å². The summed E-state index contributed by atoms with van der Waals surface area (Å²) in [4.78, 5) is 14.6. The fourth-order valence-electron chi connectivity index (χ4n) is 3.77. The number of anilines is 1. The van der Waals surface area contributed by atoms with E-state index in [4.69, 9.17) is 4.74 Å². The summed E-state index contributed by atoms with van der Waals surface area (Å²) in [6.45, 7) is 6.07. The summed E-state index contributed by atoms with van der Waals surface area (Å²) in [6.07, 6.45) is 0.704. The maximum Gasteiger partial charge on any atom is 0.325 e. The molecule has 0 aliphatic carbocycles. The number of ether oxygens (including phenoxy) is 1. The van der Waals surface area contributed by atoms with Crippen LogP contribution in [0.15, 0.2) is 40.9 Å². The van der Waals surface area contributed by atoms with Crippen LogP contribution in [0.3, 0.4) is 0 Å². The number of benzene rings is 2. The van der Waals surface area contributed by atoms with Gasteiger partial charge in [-0.05, 0) is 50.6 Å². The average Bonchev–Trinajstić information content (AvgIpc) is 2.50. The molecule has 24 heavy (non-hydrogen) atoms. The van der Waals surface area contributed by atoms with Crippen LogP contribution in [-0.2, 0) is 0 Å². The Balaban J connectivity index is 1.82. The van der Waals surface area contributed by atoms with Crippen molar-refractivity contribution >= 4 is 27.6 Å². The zero-order chi connectivity index (χ0) is 17.1. The zero-order valence-electron chi connectivity index (χ0n) is 13.9. The molecule has 2 aliphatic heterocycles. The highest BCUT2D eigenvalue weighted by molar-refractivity contribution is 9.10. The van der Waals surface area contributed by atoms with Crippen LogP contribution in [-0.4, -0.2) is 11.8 Å². The largest absolute Gasteiger partial charge is 0.467 e. The predicted molar refractivity (Wildman–Crippen MR) is 97.5 cm³/mol. The van der Waals surface area contributed by atoms with Crippen molar-refractivity contribution in [1.29, 1.82) is 0 Å². The van der Waals surface area contributed by atoms with Gasteiger partial charge in [-0.15, -0.1) is 0 Å². The SMILES string of the molecule is Cc1ccc(N2C(=O)N[C@H]3C[C@@]2(C)Oc2ccc(Br)cc23)c(C)c1. The van der Waals surface area contributed by atoms with E-state index >= 15 is 0 Å². The van der Waals surface area contributed by atoms with E-state index < -0.39 is 5.72 Å². The second kappa shape index (κ2) is 5.24. The van der Waals surface area contributed by atoms with Gasteiger partial charge in [-0.25, -0.2) is 4.79 Å². The summed E-state index contributed by atoms with van der Waals surface area (Å²) >= 11 is 3.49. The first kappa shape index (κ1) is 15.5. The van der Waals surface area contributed by atoms with E-state index in [-0.39, 0.29) is 12.1 Å². The average molecular weight is 387 g/mol. The van der Waals surface area contributed by atoms with Gasteiger partial charge in [0.1, 0.15) is 5.75 Å². The standard InChI is InChI=1S/C19H19BrN2O2/c1-11-4-6-16(12(2)8-11)22-18(23)21-15-10-19(22,3)24-17-7-5-13(20)9-14(15)17/h4-9,15H,10H2,1-3H3,(H,21,23)/t15-,19+/m0/s1. The summed E-state index contributed by atoms with van der Waals surface area (Å²) in [5.41, 5.74) is 3.45. The molecule has 2 bridgehead atoms. The molecule has 2 aliphatic rings. The van der Waals surface area contributed by atoms with Crippen molar-refractivity contribution in [3.63, 3.8) is 0 Å². The van der Waals surface area contributed by atoms with Crippen molar-refractivity contribution in [1.82, 2.24) is 5.32 Å². The number of fused-ring (bicyclic) bond motifs is 4. The van der Waals surface area contributed by atoms with Gasteiger partial charge in [-0.3, -0.25) is 4.90 Å². The Kier molecular flexibility index (Phi) is 3.39. The van der Waals surface area contributed by atoms with Gasteiger partial charge in [0.15, 0.2) is 5.72 Å². The van der Waals surface area contributed by atoms with Crippen LogP contribution < -0.4 is 15.0 Å². The molecule has 124 valence electrons. The highest BCUT2D eigenvalue weighted by Gasteiger charge is 2.50. The topological polar surface area (TPSA) is 41.6 Å². The number of carbonyl (C=O) groups is 1. The number of hydrogen-bond donors (Lipinski definition) is 1. The third-order valence-electron chi connectivity index (χ3n) is 4.83. The minimum Gasteiger partial charge on any atom is -0.467 e. The number of urea groups is 1. The van der Waals surface area contributed by atoms with Crippen molar-refractivity contribution in [2.24, 2.45) is 0 Å². The van der Waals surface area contributed by atoms with Gasteiger partial charge in [0.25, 0.3) is 0 Å². The summed E-state index contributed by atoms with van der Waals surface area (Å²) in [7, 11) is 0. The number of nitrogens with one attached hydrogen (secondary N) is 1. The Morgan fingerprint density at radius 2 is 2.04 bits per heavy atom. The minimum absolute atomic E-state index is 0.0363. The van der Waals surface area contributed by atoms with Crippen LogP contribution in [0.4, 0.5) is 10.5 Å². The van der Waals surface area contributed by atoms with Crippen molar-refractivity contribution in [3.8, 4) is 5.75 Å². The Morgan fingerprint density at radius 1 is 1.25 bits per heavy atom. The molecule has 0 aromatic heterocycles. The van der Waals surface area contributed by atoms with Crippen LogP contribution in [0.2, 0.25) is 0 Å². The van der Waals surface area contributed by atoms with Crippen molar-refractivity contribution in [2.75, 3.05) is 4.90 Å². The molecule has 2 amide bonds. The molecule has 5 heteroatoms. The van der Waals surface area contributed by atoms with Gasteiger partial charge in [-0.2, -0.15) is 0 Å². The third kappa shape index (κ3) is 2.30. The van der Waals surface area contributed by atoms with Crippen LogP contribution in [0.5, 0.6) is 5.75 Å². The number of aryl methyl sites for hydroxylation is 2. The summed E-state index contributed by atoms with van der Waals surface area (Å²) in [5.74, 6) is 0.826. The van der Waals surface area contributed by atoms with Crippen molar-refractivity contribution in [2.45, 2.75) is 39.0 Å². The fraction of sp³-hybridized carbons (Fsp3) is 0.316. The first-order valence-corrected chi connectivity index (χ1v) is 8.83. The Hall–Kier alpha value is -2.01. The molecular formula is C19H19BrN2O2. The molecule has 2 heterocycles. The van der Waals surface area contributed by atoms with Gasteiger partial charge < -0.3 is 10.1 Å². The van der Waals surface area contributed by atoms with Crippen LogP contribution in [0.1, 0.15) is 36.1 Å². The molecule has 1 N–H and O–H groups in total. The lowest BCUT2D eigenvalue weighted by Crippen LogP contribution is -2.65. The monoisotopic (exact) mass is 386 g/mol. The number of nitrogens with zero attached hydrogens (tertiary/aromatic N) is 1. The van der Waals surface area contributed by atoms with Crippen LogP contribution in [0, 0.1) is 13.8 Å². The predicted octanol–water partition coefficient (Wildman–Crippen LogP) is 4.84. The first-order valence-electron chi connectivity index (χ1n) is 8.04. The van der Waals surface area contributed by atoms with E-state index in [2.05, 4.69) is 34.2 Å². The van der Waals surface area contributed by atoms with E-state index in [1.165, 1.54) is 5.56 Å². The molecule has 1 saturated heterocycles. The Morgan fingerprint density at radius 3 is 2.79 bits per heavy atom. The van der Waals surface area contributed by atoms with Gasteiger partial charge in [0.05, 0.1) is 11.7 Å². The van der Waals surface area contributed by atoms with Gasteiger partial charge in [0.2, 0.25) is 0 Å². The maximum absolute atomic E-state index is 12.9. The lowest BCUT2D eigenvalue weighted by Gasteiger charge is -2.51. The Labute approximate surface area is 149 Å². The molecule has 2 atom stereocenters. The number of carbonyl (C=O) groups excluding carboxylic acids is 1. The smallest absolute Gasteiger partial charge is 0.325 e. The van der Waals surface area contributed by atoms with Crippen LogP contribution in [0.25, 0.3) is 0 Å². The minimum atomic E-state index is -0.701. The number of hydrogen-bond acceptors (Lipinski definition) is 2. The van der Waals surface area contributed by atoms with Crippen molar-refractivity contribution < 1.29 is 9.53 Å². The molecule has 0 radical (unpaired) electrons. The highest BCUT2D eigenvalue weighted by atomic mass is 79.9. The number of amides is 2. The molecule has 0 spiro atoms. The second-order valence-electron chi connectivity index (χ2n) is 6.79. The molecule has 2 aromatic carbocycles. The van der Waals surface area contributed by atoms with Gasteiger partial charge >= 0.3 is 6.03 Å². The summed E-state index contributed by atoms with van der Waals surface area (Å²) in [5, 5.41) is 3.13. The molecule has 0 unspecified atom stereocenters.